The molecule has 0 amide bonds. The predicted molar refractivity (Wildman–Crippen MR) is 62.9 cm³/mol. The van der Waals surface area contributed by atoms with Gasteiger partial charge in [0.1, 0.15) is 0 Å². The molecule has 0 aromatic heterocycles. The molecule has 1 heteroatoms. The van der Waals surface area contributed by atoms with Crippen LogP contribution in [-0.4, -0.2) is 7.05 Å². The topological polar surface area (TPSA) is 12.0 Å². The third-order valence-corrected chi connectivity index (χ3v) is 2.66. The molecule has 1 N–H and O–H groups in total. The zero-order chi connectivity index (χ0) is 9.97. The van der Waals surface area contributed by atoms with E-state index < -0.39 is 0 Å². The van der Waals surface area contributed by atoms with Gasteiger partial charge in [-0.25, -0.2) is 0 Å². The SMILES string of the molecule is CCc1c(NC)ccc2ccccc12. The Balaban J connectivity index is 2.77. The average molecular weight is 185 g/mol. The van der Waals surface area contributed by atoms with Crippen LogP contribution in [0.4, 0.5) is 5.69 Å². The van der Waals surface area contributed by atoms with Crippen LogP contribution >= 0.6 is 0 Å². The van der Waals surface area contributed by atoms with E-state index in [1.165, 1.54) is 22.0 Å². The lowest BCUT2D eigenvalue weighted by molar-refractivity contribution is 1.16. The van der Waals surface area contributed by atoms with Gasteiger partial charge in [-0.3, -0.25) is 0 Å². The summed E-state index contributed by atoms with van der Waals surface area (Å²) in [7, 11) is 1.98. The molecule has 0 spiro atoms. The minimum absolute atomic E-state index is 1.07. The zero-order valence-corrected chi connectivity index (χ0v) is 8.67. The second-order valence-electron chi connectivity index (χ2n) is 3.42. The first-order valence-corrected chi connectivity index (χ1v) is 5.05. The van der Waals surface area contributed by atoms with Crippen LogP contribution in [-0.2, 0) is 6.42 Å². The fraction of sp³-hybridized carbons (Fsp3) is 0.231. The summed E-state index contributed by atoms with van der Waals surface area (Å²) >= 11 is 0. The highest BCUT2D eigenvalue weighted by Gasteiger charge is 2.03. The number of hydrogen-bond donors (Lipinski definition) is 1. The molecule has 1 nitrogen and oxygen atoms in total. The Morgan fingerprint density at radius 3 is 2.57 bits per heavy atom. The number of aryl methyl sites for hydroxylation is 1. The third kappa shape index (κ3) is 1.35. The maximum atomic E-state index is 3.24. The van der Waals surface area contributed by atoms with Crippen molar-refractivity contribution >= 4 is 16.5 Å². The Morgan fingerprint density at radius 2 is 1.86 bits per heavy atom. The summed E-state index contributed by atoms with van der Waals surface area (Å²) in [6, 6.07) is 12.9. The van der Waals surface area contributed by atoms with Crippen LogP contribution in [0.3, 0.4) is 0 Å². The molecule has 2 rings (SSSR count). The average Bonchev–Trinajstić information content (AvgIpc) is 2.27. The van der Waals surface area contributed by atoms with Gasteiger partial charge in [-0.1, -0.05) is 37.3 Å². The van der Waals surface area contributed by atoms with Gasteiger partial charge in [-0.2, -0.15) is 0 Å². The highest BCUT2D eigenvalue weighted by Crippen LogP contribution is 2.26. The highest BCUT2D eigenvalue weighted by molar-refractivity contribution is 5.90. The summed E-state index contributed by atoms with van der Waals surface area (Å²) in [6.45, 7) is 2.20. The van der Waals surface area contributed by atoms with Gasteiger partial charge in [0.15, 0.2) is 0 Å². The monoisotopic (exact) mass is 185 g/mol. The lowest BCUT2D eigenvalue weighted by atomic mass is 10.0. The first-order valence-electron chi connectivity index (χ1n) is 5.05. The molecule has 0 unspecified atom stereocenters. The highest BCUT2D eigenvalue weighted by atomic mass is 14.8. The van der Waals surface area contributed by atoms with Crippen molar-refractivity contribution in [1.82, 2.24) is 0 Å². The van der Waals surface area contributed by atoms with Crippen LogP contribution in [0.25, 0.3) is 10.8 Å². The zero-order valence-electron chi connectivity index (χ0n) is 8.67. The van der Waals surface area contributed by atoms with E-state index in [0.29, 0.717) is 0 Å². The van der Waals surface area contributed by atoms with Crippen LogP contribution in [0.1, 0.15) is 12.5 Å². The molecule has 0 heterocycles. The maximum Gasteiger partial charge on any atom is 0.0376 e. The number of fused-ring (bicyclic) bond motifs is 1. The second-order valence-corrected chi connectivity index (χ2v) is 3.42. The molecule has 72 valence electrons. The first-order chi connectivity index (χ1) is 6.86. The molecule has 0 saturated carbocycles. The Bertz CT molecular complexity index is 446. The van der Waals surface area contributed by atoms with Crippen molar-refractivity contribution in [2.24, 2.45) is 0 Å². The van der Waals surface area contributed by atoms with Crippen molar-refractivity contribution < 1.29 is 0 Å². The van der Waals surface area contributed by atoms with E-state index in [1.54, 1.807) is 0 Å². The standard InChI is InChI=1S/C13H15N/c1-3-11-12-7-5-4-6-10(12)8-9-13(11)14-2/h4-9,14H,3H2,1-2H3. The van der Waals surface area contributed by atoms with E-state index in [-0.39, 0.29) is 0 Å². The van der Waals surface area contributed by atoms with Gasteiger partial charge in [-0.05, 0) is 28.8 Å². The molecule has 0 aliphatic heterocycles. The minimum Gasteiger partial charge on any atom is -0.388 e. The van der Waals surface area contributed by atoms with E-state index in [1.807, 2.05) is 7.05 Å². The van der Waals surface area contributed by atoms with Crippen molar-refractivity contribution in [1.29, 1.82) is 0 Å². The van der Waals surface area contributed by atoms with Gasteiger partial charge in [-0.15, -0.1) is 0 Å². The van der Waals surface area contributed by atoms with Gasteiger partial charge >= 0.3 is 0 Å². The lowest BCUT2D eigenvalue weighted by Gasteiger charge is -2.10. The molecule has 2 aromatic carbocycles. The summed E-state index contributed by atoms with van der Waals surface area (Å²) in [5.41, 5.74) is 2.65. The Morgan fingerprint density at radius 1 is 1.07 bits per heavy atom. The van der Waals surface area contributed by atoms with E-state index in [9.17, 15) is 0 Å². The largest absolute Gasteiger partial charge is 0.388 e. The molecule has 0 bridgehead atoms. The number of benzene rings is 2. The molecule has 0 fully saturated rings. The van der Waals surface area contributed by atoms with Crippen molar-refractivity contribution in [3.63, 3.8) is 0 Å². The molecule has 0 atom stereocenters. The van der Waals surface area contributed by atoms with E-state index in [2.05, 4.69) is 48.6 Å². The van der Waals surface area contributed by atoms with Crippen LogP contribution in [0.15, 0.2) is 36.4 Å². The second kappa shape index (κ2) is 3.70. The van der Waals surface area contributed by atoms with E-state index in [0.717, 1.165) is 6.42 Å². The van der Waals surface area contributed by atoms with Crippen LogP contribution < -0.4 is 5.32 Å². The molecule has 0 aliphatic rings. The van der Waals surface area contributed by atoms with Gasteiger partial charge in [0.2, 0.25) is 0 Å². The molecule has 0 aliphatic carbocycles. The Labute approximate surface area is 84.8 Å². The summed E-state index contributed by atoms with van der Waals surface area (Å²) in [5.74, 6) is 0. The minimum atomic E-state index is 1.07. The van der Waals surface area contributed by atoms with E-state index in [4.69, 9.17) is 0 Å². The normalized spacial score (nSPS) is 10.4. The Hall–Kier alpha value is -1.50. The van der Waals surface area contributed by atoms with Crippen LogP contribution in [0.2, 0.25) is 0 Å². The Kier molecular flexibility index (Phi) is 2.40. The van der Waals surface area contributed by atoms with Crippen molar-refractivity contribution in [3.8, 4) is 0 Å². The quantitative estimate of drug-likeness (QED) is 0.755. The molecule has 0 radical (unpaired) electrons. The van der Waals surface area contributed by atoms with E-state index >= 15 is 0 Å². The predicted octanol–water partition coefficient (Wildman–Crippen LogP) is 3.44. The smallest absolute Gasteiger partial charge is 0.0376 e. The van der Waals surface area contributed by atoms with Crippen molar-refractivity contribution in [3.05, 3.63) is 42.0 Å². The fourth-order valence-electron chi connectivity index (χ4n) is 1.95. The maximum absolute atomic E-state index is 3.24. The molecule has 2 aromatic rings. The number of nitrogens with one attached hydrogen (secondary N) is 1. The summed E-state index contributed by atoms with van der Waals surface area (Å²) < 4.78 is 0. The van der Waals surface area contributed by atoms with Crippen LogP contribution in [0, 0.1) is 0 Å². The molecular formula is C13H15N. The first kappa shape index (κ1) is 9.07. The van der Waals surface area contributed by atoms with Crippen molar-refractivity contribution in [2.75, 3.05) is 12.4 Å². The molecule has 14 heavy (non-hydrogen) atoms. The van der Waals surface area contributed by atoms with Gasteiger partial charge in [0.05, 0.1) is 0 Å². The number of hydrogen-bond acceptors (Lipinski definition) is 1. The summed E-state index contributed by atoms with van der Waals surface area (Å²) in [4.78, 5) is 0. The number of rotatable bonds is 2. The third-order valence-electron chi connectivity index (χ3n) is 2.66. The number of anilines is 1. The summed E-state index contributed by atoms with van der Waals surface area (Å²) in [6.07, 6.45) is 1.07. The van der Waals surface area contributed by atoms with Gasteiger partial charge in [0, 0.05) is 12.7 Å². The molecular weight excluding hydrogens is 170 g/mol. The van der Waals surface area contributed by atoms with Gasteiger partial charge < -0.3 is 5.32 Å². The fourth-order valence-corrected chi connectivity index (χ4v) is 1.95. The van der Waals surface area contributed by atoms with Crippen LogP contribution in [0.5, 0.6) is 0 Å². The molecule has 0 saturated heterocycles. The van der Waals surface area contributed by atoms with Crippen molar-refractivity contribution in [2.45, 2.75) is 13.3 Å². The lowest BCUT2D eigenvalue weighted by Crippen LogP contribution is -1.94. The summed E-state index contributed by atoms with van der Waals surface area (Å²) in [5, 5.41) is 5.92. The van der Waals surface area contributed by atoms with Gasteiger partial charge in [0.25, 0.3) is 0 Å².